The molecule has 0 radical (unpaired) electrons. The van der Waals surface area contributed by atoms with Gasteiger partial charge in [-0.15, -0.1) is 0 Å². The van der Waals surface area contributed by atoms with Gasteiger partial charge in [0.1, 0.15) is 5.75 Å². The van der Waals surface area contributed by atoms with Crippen molar-refractivity contribution < 1.29 is 23.9 Å². The zero-order valence-electron chi connectivity index (χ0n) is 16.1. The van der Waals surface area contributed by atoms with Gasteiger partial charge in [-0.1, -0.05) is 24.3 Å². The van der Waals surface area contributed by atoms with Gasteiger partial charge in [0, 0.05) is 17.7 Å². The van der Waals surface area contributed by atoms with E-state index in [1.807, 2.05) is 12.1 Å². The molecular weight excluding hydrogens is 372 g/mol. The van der Waals surface area contributed by atoms with Crippen LogP contribution in [0.2, 0.25) is 0 Å². The summed E-state index contributed by atoms with van der Waals surface area (Å²) in [5, 5.41) is 2.66. The number of hydrogen-bond acceptors (Lipinski definition) is 5. The zero-order chi connectivity index (χ0) is 20.4. The topological polar surface area (TPSA) is 84.9 Å². The van der Waals surface area contributed by atoms with Gasteiger partial charge in [-0.25, -0.2) is 4.79 Å². The Hall–Kier alpha value is -3.35. The molecule has 1 fully saturated rings. The zero-order valence-corrected chi connectivity index (χ0v) is 16.1. The largest absolute Gasteiger partial charge is 0.497 e. The van der Waals surface area contributed by atoms with Crippen LogP contribution < -0.4 is 10.1 Å². The molecule has 1 saturated heterocycles. The Morgan fingerprint density at radius 3 is 2.86 bits per heavy atom. The number of methoxy groups -OCH3 is 1. The smallest absolute Gasteiger partial charge is 0.339 e. The number of piperidine rings is 1. The third-order valence-electron chi connectivity index (χ3n) is 5.47. The average molecular weight is 394 g/mol. The van der Waals surface area contributed by atoms with E-state index in [0.29, 0.717) is 36.4 Å². The number of carbonyl (C=O) groups is 3. The van der Waals surface area contributed by atoms with Crippen molar-refractivity contribution in [3.8, 4) is 5.75 Å². The minimum absolute atomic E-state index is 0.123. The van der Waals surface area contributed by atoms with E-state index in [2.05, 4.69) is 5.32 Å². The van der Waals surface area contributed by atoms with Gasteiger partial charge in [0.15, 0.2) is 5.60 Å². The maximum Gasteiger partial charge on any atom is 0.339 e. The van der Waals surface area contributed by atoms with Crippen molar-refractivity contribution in [2.75, 3.05) is 26.7 Å². The Morgan fingerprint density at radius 1 is 1.21 bits per heavy atom. The van der Waals surface area contributed by atoms with Crippen LogP contribution in [0.25, 0.3) is 0 Å². The monoisotopic (exact) mass is 394 g/mol. The predicted octanol–water partition coefficient (Wildman–Crippen LogP) is 2.11. The fourth-order valence-electron chi connectivity index (χ4n) is 4.02. The molecule has 29 heavy (non-hydrogen) atoms. The van der Waals surface area contributed by atoms with Crippen LogP contribution in [0.1, 0.15) is 39.1 Å². The Morgan fingerprint density at radius 2 is 2.03 bits per heavy atom. The lowest BCUT2D eigenvalue weighted by Crippen LogP contribution is -2.51. The highest BCUT2D eigenvalue weighted by Gasteiger charge is 2.48. The van der Waals surface area contributed by atoms with Crippen molar-refractivity contribution in [3.05, 3.63) is 65.2 Å². The number of amides is 2. The Balaban J connectivity index is 1.42. The standard InChI is InChI=1S/C22H22N2O5/c1-28-16-7-4-6-15(12-16)20(26)23-13-19(25)24-11-5-10-22(14-24)18-9-3-2-8-17(18)21(27)29-22/h2-4,6-9,12H,5,10-11,13-14H2,1H3,(H,23,26). The van der Waals surface area contributed by atoms with Gasteiger partial charge in [0.2, 0.25) is 5.91 Å². The van der Waals surface area contributed by atoms with Crippen LogP contribution in [0.4, 0.5) is 0 Å². The first-order valence-corrected chi connectivity index (χ1v) is 9.55. The molecule has 2 aliphatic heterocycles. The molecule has 2 aromatic rings. The minimum atomic E-state index is -0.793. The lowest BCUT2D eigenvalue weighted by Gasteiger charge is -2.39. The third kappa shape index (κ3) is 3.55. The summed E-state index contributed by atoms with van der Waals surface area (Å²) in [4.78, 5) is 39.0. The minimum Gasteiger partial charge on any atom is -0.497 e. The number of nitrogens with one attached hydrogen (secondary N) is 1. The molecule has 150 valence electrons. The van der Waals surface area contributed by atoms with E-state index >= 15 is 0 Å². The summed E-state index contributed by atoms with van der Waals surface area (Å²) in [7, 11) is 1.53. The second-order valence-electron chi connectivity index (χ2n) is 7.26. The van der Waals surface area contributed by atoms with Crippen molar-refractivity contribution in [1.82, 2.24) is 10.2 Å². The van der Waals surface area contributed by atoms with Crippen molar-refractivity contribution >= 4 is 17.8 Å². The Labute approximate surface area is 168 Å². The summed E-state index contributed by atoms with van der Waals surface area (Å²) in [6.07, 6.45) is 1.40. The average Bonchev–Trinajstić information content (AvgIpc) is 3.03. The number of nitrogens with zero attached hydrogens (tertiary/aromatic N) is 1. The van der Waals surface area contributed by atoms with Crippen molar-refractivity contribution in [1.29, 1.82) is 0 Å². The summed E-state index contributed by atoms with van der Waals surface area (Å²) in [5.41, 5.74) is 1.03. The molecule has 0 aromatic heterocycles. The number of likely N-dealkylation sites (tertiary alicyclic amines) is 1. The first kappa shape index (κ1) is 19.0. The molecule has 2 amide bonds. The van der Waals surface area contributed by atoms with Crippen LogP contribution in [0, 0.1) is 0 Å². The maximum atomic E-state index is 12.7. The van der Waals surface area contributed by atoms with E-state index in [4.69, 9.17) is 9.47 Å². The highest BCUT2D eigenvalue weighted by molar-refractivity contribution is 5.97. The highest BCUT2D eigenvalue weighted by Crippen LogP contribution is 2.42. The number of carbonyl (C=O) groups excluding carboxylic acids is 3. The summed E-state index contributed by atoms with van der Waals surface area (Å²) in [6.45, 7) is 0.737. The molecule has 1 spiro atoms. The predicted molar refractivity (Wildman–Crippen MR) is 105 cm³/mol. The second kappa shape index (κ2) is 7.58. The summed E-state index contributed by atoms with van der Waals surface area (Å²) in [6, 6.07) is 14.1. The second-order valence-corrected chi connectivity index (χ2v) is 7.26. The molecule has 2 aromatic carbocycles. The lowest BCUT2D eigenvalue weighted by molar-refractivity contribution is -0.137. The number of hydrogen-bond donors (Lipinski definition) is 1. The van der Waals surface area contributed by atoms with Gasteiger partial charge in [0.25, 0.3) is 5.91 Å². The summed E-state index contributed by atoms with van der Waals surface area (Å²) >= 11 is 0. The van der Waals surface area contributed by atoms with Crippen molar-refractivity contribution in [2.45, 2.75) is 18.4 Å². The highest BCUT2D eigenvalue weighted by atomic mass is 16.6. The van der Waals surface area contributed by atoms with Crippen LogP contribution in [0.5, 0.6) is 5.75 Å². The molecule has 1 N–H and O–H groups in total. The van der Waals surface area contributed by atoms with Gasteiger partial charge >= 0.3 is 5.97 Å². The molecule has 4 rings (SSSR count). The number of rotatable bonds is 4. The van der Waals surface area contributed by atoms with Gasteiger partial charge in [0.05, 0.1) is 25.8 Å². The molecule has 7 heteroatoms. The summed E-state index contributed by atoms with van der Waals surface area (Å²) in [5.74, 6) is -0.327. The van der Waals surface area contributed by atoms with Gasteiger partial charge in [-0.2, -0.15) is 0 Å². The van der Waals surface area contributed by atoms with E-state index in [1.54, 1.807) is 41.3 Å². The van der Waals surface area contributed by atoms with E-state index in [-0.39, 0.29) is 24.3 Å². The van der Waals surface area contributed by atoms with Crippen molar-refractivity contribution in [2.24, 2.45) is 0 Å². The Bertz CT molecular complexity index is 973. The van der Waals surface area contributed by atoms with Crippen molar-refractivity contribution in [3.63, 3.8) is 0 Å². The normalized spacial score (nSPS) is 20.2. The molecule has 2 aliphatic rings. The fraction of sp³-hybridized carbons (Fsp3) is 0.318. The molecule has 0 saturated carbocycles. The van der Waals surface area contributed by atoms with Gasteiger partial charge in [-0.3, -0.25) is 9.59 Å². The summed E-state index contributed by atoms with van der Waals surface area (Å²) < 4.78 is 10.8. The van der Waals surface area contributed by atoms with E-state index in [1.165, 1.54) is 7.11 Å². The Kier molecular flexibility index (Phi) is 4.96. The molecule has 7 nitrogen and oxygen atoms in total. The third-order valence-corrected chi connectivity index (χ3v) is 5.47. The number of esters is 1. The molecule has 2 heterocycles. The SMILES string of the molecule is COc1cccc(C(=O)NCC(=O)N2CCCC3(C2)OC(=O)c2ccccc23)c1. The lowest BCUT2D eigenvalue weighted by atomic mass is 9.85. The van der Waals surface area contributed by atoms with Crippen LogP contribution in [0.3, 0.4) is 0 Å². The molecule has 1 unspecified atom stereocenters. The number of benzene rings is 2. The van der Waals surface area contributed by atoms with E-state index < -0.39 is 5.60 Å². The van der Waals surface area contributed by atoms with Gasteiger partial charge < -0.3 is 19.7 Å². The molecular formula is C22H22N2O5. The van der Waals surface area contributed by atoms with Crippen LogP contribution in [0.15, 0.2) is 48.5 Å². The molecule has 0 bridgehead atoms. The fourth-order valence-corrected chi connectivity index (χ4v) is 4.02. The van der Waals surface area contributed by atoms with E-state index in [9.17, 15) is 14.4 Å². The molecule has 1 atom stereocenters. The number of ether oxygens (including phenoxy) is 2. The van der Waals surface area contributed by atoms with Crippen LogP contribution in [-0.2, 0) is 15.1 Å². The quantitative estimate of drug-likeness (QED) is 0.803. The first-order chi connectivity index (χ1) is 14.0. The first-order valence-electron chi connectivity index (χ1n) is 9.55. The van der Waals surface area contributed by atoms with Gasteiger partial charge in [-0.05, 0) is 37.1 Å². The number of fused-ring (bicyclic) bond motifs is 2. The van der Waals surface area contributed by atoms with E-state index in [0.717, 1.165) is 12.0 Å². The van der Waals surface area contributed by atoms with Crippen LogP contribution in [-0.4, -0.2) is 49.4 Å². The molecule has 0 aliphatic carbocycles. The maximum absolute atomic E-state index is 12.7. The van der Waals surface area contributed by atoms with Crippen LogP contribution >= 0.6 is 0 Å².